The predicted octanol–water partition coefficient (Wildman–Crippen LogP) is 14.1. The summed E-state index contributed by atoms with van der Waals surface area (Å²) in [4.78, 5) is 0. The van der Waals surface area contributed by atoms with Crippen molar-refractivity contribution < 1.29 is 30.6 Å². The molecule has 0 aliphatic heterocycles. The minimum atomic E-state index is -0.421. The Morgan fingerprint density at radius 2 is 0.438 bits per heavy atom. The highest BCUT2D eigenvalue weighted by molar-refractivity contribution is 5.61. The highest BCUT2D eigenvalue weighted by atomic mass is 16.3. The normalized spacial score (nSPS) is 14.0. The SMILES string of the molecule is CCc1ccc(O)c(C(C)c2cc(CC)cc(C(C)c3cc(CC)cc(C(C)c4cc(CC)cc(C(C)c5cc(CC)cc(C(C)c6cc(CC)ccc6O)c5O)c4O)c3O)c2O)c1. The number of hydrogen-bond acceptors (Lipinski definition) is 6. The lowest BCUT2D eigenvalue weighted by molar-refractivity contribution is 0.441. The fourth-order valence-electron chi connectivity index (χ4n) is 9.61. The fraction of sp³-hybridized carbons (Fsp3) is 0.379. The number of aromatic hydroxyl groups is 6. The third-order valence-corrected chi connectivity index (χ3v) is 14.2. The highest BCUT2D eigenvalue weighted by Crippen LogP contribution is 2.49. The monoisotopic (exact) mass is 863 g/mol. The summed E-state index contributed by atoms with van der Waals surface area (Å²) in [5.41, 5.74) is 13.5. The first-order chi connectivity index (χ1) is 30.5. The lowest BCUT2D eigenvalue weighted by Gasteiger charge is -2.26. The Kier molecular flexibility index (Phi) is 14.8. The fourth-order valence-corrected chi connectivity index (χ4v) is 9.61. The van der Waals surface area contributed by atoms with Gasteiger partial charge in [-0.1, -0.05) is 149 Å². The summed E-state index contributed by atoms with van der Waals surface area (Å²) in [6.07, 6.45) is 4.58. The topological polar surface area (TPSA) is 121 Å². The van der Waals surface area contributed by atoms with Crippen LogP contribution in [0.1, 0.15) is 195 Å². The largest absolute Gasteiger partial charge is 0.508 e. The molecule has 4 atom stereocenters. The minimum absolute atomic E-state index is 0.125. The number of aryl methyl sites for hydroxylation is 6. The maximum Gasteiger partial charge on any atom is 0.123 e. The summed E-state index contributed by atoms with van der Waals surface area (Å²) in [5.74, 6) is -0.834. The molecule has 0 aliphatic rings. The molecule has 6 aromatic rings. The summed E-state index contributed by atoms with van der Waals surface area (Å²) < 4.78 is 0. The van der Waals surface area contributed by atoms with Crippen LogP contribution >= 0.6 is 0 Å². The molecule has 6 aromatic carbocycles. The third-order valence-electron chi connectivity index (χ3n) is 14.2. The summed E-state index contributed by atoms with van der Waals surface area (Å²) in [5, 5.41) is 70.9. The molecule has 0 bridgehead atoms. The Bertz CT molecular complexity index is 2460. The third kappa shape index (κ3) is 9.20. The smallest absolute Gasteiger partial charge is 0.123 e. The van der Waals surface area contributed by atoms with Gasteiger partial charge in [-0.15, -0.1) is 0 Å². The van der Waals surface area contributed by atoms with Crippen LogP contribution in [0.25, 0.3) is 0 Å². The van der Waals surface area contributed by atoms with E-state index in [1.807, 2.05) is 107 Å². The molecular formula is C58H70O6. The average Bonchev–Trinajstić information content (AvgIpc) is 3.31. The van der Waals surface area contributed by atoms with Gasteiger partial charge < -0.3 is 30.6 Å². The lowest BCUT2D eigenvalue weighted by atomic mass is 9.79. The second-order valence-corrected chi connectivity index (χ2v) is 18.0. The van der Waals surface area contributed by atoms with Crippen molar-refractivity contribution in [3.05, 3.63) is 174 Å². The minimum Gasteiger partial charge on any atom is -0.508 e. The molecular weight excluding hydrogens is 793 g/mol. The quantitative estimate of drug-likeness (QED) is 0.0576. The summed E-state index contributed by atoms with van der Waals surface area (Å²) in [7, 11) is 0. The maximum absolute atomic E-state index is 12.4. The van der Waals surface area contributed by atoms with E-state index in [4.69, 9.17) is 0 Å². The van der Waals surface area contributed by atoms with Crippen LogP contribution in [-0.2, 0) is 38.5 Å². The second kappa shape index (κ2) is 19.9. The second-order valence-electron chi connectivity index (χ2n) is 18.0. The van der Waals surface area contributed by atoms with Gasteiger partial charge in [0.05, 0.1) is 0 Å². The number of phenolic OH excluding ortho intramolecular Hbond substituents is 6. The van der Waals surface area contributed by atoms with Crippen molar-refractivity contribution in [3.63, 3.8) is 0 Å². The van der Waals surface area contributed by atoms with E-state index in [-0.39, 0.29) is 46.3 Å². The summed E-state index contributed by atoms with van der Waals surface area (Å²) >= 11 is 0. The van der Waals surface area contributed by atoms with Crippen LogP contribution in [0.15, 0.2) is 84.9 Å². The number of rotatable bonds is 16. The van der Waals surface area contributed by atoms with Gasteiger partial charge >= 0.3 is 0 Å². The van der Waals surface area contributed by atoms with Crippen LogP contribution in [0.2, 0.25) is 0 Å². The molecule has 0 saturated carbocycles. The van der Waals surface area contributed by atoms with Crippen molar-refractivity contribution in [3.8, 4) is 34.5 Å². The summed E-state index contributed by atoms with van der Waals surface area (Å²) in [6.45, 7) is 22.6. The Balaban J connectivity index is 1.44. The summed E-state index contributed by atoms with van der Waals surface area (Å²) in [6, 6.07) is 27.6. The molecule has 0 fully saturated rings. The molecule has 64 heavy (non-hydrogen) atoms. The molecule has 0 radical (unpaired) electrons. The van der Waals surface area contributed by atoms with E-state index in [0.29, 0.717) is 46.2 Å². The zero-order valence-corrected chi connectivity index (χ0v) is 39.9. The number of benzene rings is 6. The van der Waals surface area contributed by atoms with E-state index >= 15 is 0 Å². The predicted molar refractivity (Wildman–Crippen MR) is 262 cm³/mol. The van der Waals surface area contributed by atoms with Crippen molar-refractivity contribution in [2.45, 2.75) is 144 Å². The first-order valence-electron chi connectivity index (χ1n) is 23.6. The van der Waals surface area contributed by atoms with Crippen LogP contribution in [0.5, 0.6) is 34.5 Å². The molecule has 4 unspecified atom stereocenters. The van der Waals surface area contributed by atoms with E-state index in [9.17, 15) is 30.6 Å². The zero-order chi connectivity index (χ0) is 46.7. The first kappa shape index (κ1) is 47.6. The highest BCUT2D eigenvalue weighted by Gasteiger charge is 2.30. The molecule has 6 N–H and O–H groups in total. The average molecular weight is 863 g/mol. The van der Waals surface area contributed by atoms with Crippen molar-refractivity contribution in [1.82, 2.24) is 0 Å². The Labute approximate surface area is 382 Å². The van der Waals surface area contributed by atoms with Crippen LogP contribution in [0.3, 0.4) is 0 Å². The van der Waals surface area contributed by atoms with Crippen LogP contribution in [0, 0.1) is 0 Å². The van der Waals surface area contributed by atoms with Gasteiger partial charge in [-0.3, -0.25) is 0 Å². The molecule has 6 nitrogen and oxygen atoms in total. The number of hydrogen-bond donors (Lipinski definition) is 6. The van der Waals surface area contributed by atoms with Gasteiger partial charge in [0.25, 0.3) is 0 Å². The molecule has 0 spiro atoms. The molecule has 6 rings (SSSR count). The zero-order valence-electron chi connectivity index (χ0n) is 39.9. The molecule has 0 aliphatic carbocycles. The van der Waals surface area contributed by atoms with Crippen molar-refractivity contribution >= 4 is 0 Å². The van der Waals surface area contributed by atoms with Crippen LogP contribution in [-0.4, -0.2) is 30.6 Å². The Hall–Kier alpha value is -5.88. The standard InChI is InChI=1S/C58H70O6/c1-12-37-18-20-53(59)43(22-37)32(7)45-24-39(14-3)26-47(55(45)61)34(9)49-28-41(16-5)30-51(57(49)63)36(11)52-31-42(17-6)29-50(58(52)64)35(10)48-27-40(15-4)25-46(56(48)62)33(8)44-23-38(13-2)19-21-54(44)60/h18-36,59-64H,12-17H2,1-11H3. The first-order valence-corrected chi connectivity index (χ1v) is 23.6. The van der Waals surface area contributed by atoms with Gasteiger partial charge in [-0.05, 0) is 84.0 Å². The van der Waals surface area contributed by atoms with Gasteiger partial charge in [0.15, 0.2) is 0 Å². The van der Waals surface area contributed by atoms with E-state index in [1.165, 1.54) is 0 Å². The van der Waals surface area contributed by atoms with E-state index in [1.54, 1.807) is 12.1 Å². The lowest BCUT2D eigenvalue weighted by Crippen LogP contribution is -2.08. The molecule has 0 amide bonds. The van der Waals surface area contributed by atoms with Crippen molar-refractivity contribution in [2.24, 2.45) is 0 Å². The van der Waals surface area contributed by atoms with Gasteiger partial charge in [0.1, 0.15) is 34.5 Å². The molecule has 6 heteroatoms. The van der Waals surface area contributed by atoms with Gasteiger partial charge in [0, 0.05) is 85.2 Å². The molecule has 0 saturated heterocycles. The van der Waals surface area contributed by atoms with Crippen LogP contribution in [0.4, 0.5) is 0 Å². The van der Waals surface area contributed by atoms with Gasteiger partial charge in [0.2, 0.25) is 0 Å². The maximum atomic E-state index is 12.4. The van der Waals surface area contributed by atoms with E-state index < -0.39 is 17.8 Å². The molecule has 338 valence electrons. The molecule has 0 heterocycles. The van der Waals surface area contributed by atoms with Crippen molar-refractivity contribution in [1.29, 1.82) is 0 Å². The van der Waals surface area contributed by atoms with E-state index in [2.05, 4.69) is 41.5 Å². The molecule has 0 aromatic heterocycles. The van der Waals surface area contributed by atoms with E-state index in [0.717, 1.165) is 81.3 Å². The van der Waals surface area contributed by atoms with Gasteiger partial charge in [-0.25, -0.2) is 0 Å². The van der Waals surface area contributed by atoms with Crippen LogP contribution < -0.4 is 0 Å². The van der Waals surface area contributed by atoms with Gasteiger partial charge in [-0.2, -0.15) is 0 Å². The Morgan fingerprint density at radius 1 is 0.266 bits per heavy atom. The van der Waals surface area contributed by atoms with Crippen molar-refractivity contribution in [2.75, 3.05) is 0 Å². The Morgan fingerprint density at radius 3 is 0.625 bits per heavy atom. The number of phenols is 6.